The van der Waals surface area contributed by atoms with Crippen LogP contribution in [0.25, 0.3) is 0 Å². The predicted octanol–water partition coefficient (Wildman–Crippen LogP) is 3.38. The number of likely N-dealkylation sites (N-methyl/N-ethyl adjacent to an activating group) is 1. The van der Waals surface area contributed by atoms with E-state index in [-0.39, 0.29) is 5.91 Å². The number of benzene rings is 2. The molecule has 0 spiro atoms. The number of rotatable bonds is 4. The summed E-state index contributed by atoms with van der Waals surface area (Å²) in [6, 6.07) is 15.0. The summed E-state index contributed by atoms with van der Waals surface area (Å²) >= 11 is 0. The largest absolute Gasteiger partial charge is 0.449 e. The van der Waals surface area contributed by atoms with E-state index in [4.69, 9.17) is 4.74 Å². The third-order valence-electron chi connectivity index (χ3n) is 4.44. The number of aryl methyl sites for hydroxylation is 2. The molecule has 0 N–H and O–H groups in total. The molecule has 4 heteroatoms. The Morgan fingerprint density at radius 3 is 2.50 bits per heavy atom. The molecule has 0 aliphatic heterocycles. The third kappa shape index (κ3) is 3.32. The highest BCUT2D eigenvalue weighted by atomic mass is 16.5. The summed E-state index contributed by atoms with van der Waals surface area (Å²) in [6.07, 6.45) is 2.37. The van der Waals surface area contributed by atoms with Gasteiger partial charge in [0.05, 0.1) is 5.56 Å². The van der Waals surface area contributed by atoms with E-state index in [9.17, 15) is 9.59 Å². The molecule has 0 saturated carbocycles. The van der Waals surface area contributed by atoms with E-state index in [1.807, 2.05) is 42.5 Å². The Labute approximate surface area is 142 Å². The van der Waals surface area contributed by atoms with Gasteiger partial charge < -0.3 is 9.64 Å². The Morgan fingerprint density at radius 1 is 1.04 bits per heavy atom. The maximum atomic E-state index is 12.4. The van der Waals surface area contributed by atoms with Gasteiger partial charge in [-0.05, 0) is 61.6 Å². The van der Waals surface area contributed by atoms with Gasteiger partial charge in [-0.1, -0.05) is 24.3 Å². The normalized spacial score (nSPS) is 13.9. The highest BCUT2D eigenvalue weighted by Crippen LogP contribution is 2.23. The first-order valence-electron chi connectivity index (χ1n) is 8.21. The summed E-state index contributed by atoms with van der Waals surface area (Å²) in [5.41, 5.74) is 3.80. The van der Waals surface area contributed by atoms with Crippen molar-refractivity contribution < 1.29 is 14.3 Å². The first-order valence-corrected chi connectivity index (χ1v) is 8.21. The lowest BCUT2D eigenvalue weighted by atomic mass is 10.1. The molecule has 1 aliphatic carbocycles. The molecular formula is C20H21NO3. The van der Waals surface area contributed by atoms with Crippen molar-refractivity contribution in [2.75, 3.05) is 11.9 Å². The number of nitrogens with zero attached hydrogens (tertiary/aromatic N) is 1. The first-order chi connectivity index (χ1) is 11.6. The highest BCUT2D eigenvalue weighted by molar-refractivity contribution is 5.98. The SMILES string of the molecule is C[C@H](OC(=O)c1ccc2c(c1)CCC2)C(=O)N(C)c1ccccc1. The molecule has 3 rings (SSSR count). The van der Waals surface area contributed by atoms with Crippen molar-refractivity contribution in [2.24, 2.45) is 0 Å². The van der Waals surface area contributed by atoms with Gasteiger partial charge in [0.15, 0.2) is 6.10 Å². The lowest BCUT2D eigenvalue weighted by Gasteiger charge is -2.21. The lowest BCUT2D eigenvalue weighted by molar-refractivity contribution is -0.126. The van der Waals surface area contributed by atoms with E-state index in [2.05, 4.69) is 0 Å². The molecule has 0 radical (unpaired) electrons. The fraction of sp³-hybridized carbons (Fsp3) is 0.300. The minimum Gasteiger partial charge on any atom is -0.449 e. The third-order valence-corrected chi connectivity index (χ3v) is 4.44. The second-order valence-electron chi connectivity index (χ2n) is 6.12. The van der Waals surface area contributed by atoms with Gasteiger partial charge in [-0.2, -0.15) is 0 Å². The smallest absolute Gasteiger partial charge is 0.338 e. The number of fused-ring (bicyclic) bond motifs is 1. The lowest BCUT2D eigenvalue weighted by Crippen LogP contribution is -2.37. The number of amides is 1. The minimum absolute atomic E-state index is 0.254. The molecule has 0 fully saturated rings. The summed E-state index contributed by atoms with van der Waals surface area (Å²) in [5.74, 6) is -0.706. The van der Waals surface area contributed by atoms with Crippen LogP contribution in [0.5, 0.6) is 0 Å². The zero-order chi connectivity index (χ0) is 17.1. The van der Waals surface area contributed by atoms with Crippen LogP contribution in [-0.4, -0.2) is 25.0 Å². The number of hydrogen-bond acceptors (Lipinski definition) is 3. The van der Waals surface area contributed by atoms with Crippen molar-refractivity contribution in [1.82, 2.24) is 0 Å². The fourth-order valence-electron chi connectivity index (χ4n) is 3.03. The van der Waals surface area contributed by atoms with Crippen LogP contribution in [0, 0.1) is 0 Å². The number of anilines is 1. The molecule has 124 valence electrons. The van der Waals surface area contributed by atoms with E-state index in [1.165, 1.54) is 16.0 Å². The molecule has 24 heavy (non-hydrogen) atoms. The number of carbonyl (C=O) groups is 2. The van der Waals surface area contributed by atoms with Gasteiger partial charge in [0.25, 0.3) is 5.91 Å². The topological polar surface area (TPSA) is 46.6 Å². The maximum Gasteiger partial charge on any atom is 0.338 e. The maximum absolute atomic E-state index is 12.4. The van der Waals surface area contributed by atoms with Gasteiger partial charge in [-0.25, -0.2) is 4.79 Å². The molecule has 1 aliphatic rings. The van der Waals surface area contributed by atoms with E-state index in [0.29, 0.717) is 5.56 Å². The first kappa shape index (κ1) is 16.2. The molecule has 0 bridgehead atoms. The Bertz CT molecular complexity index is 755. The summed E-state index contributed by atoms with van der Waals surface area (Å²) < 4.78 is 5.37. The van der Waals surface area contributed by atoms with E-state index >= 15 is 0 Å². The van der Waals surface area contributed by atoms with E-state index < -0.39 is 12.1 Å². The molecule has 2 aromatic rings. The molecule has 1 atom stereocenters. The van der Waals surface area contributed by atoms with Crippen LogP contribution < -0.4 is 4.90 Å². The average molecular weight is 323 g/mol. The quantitative estimate of drug-likeness (QED) is 0.810. The van der Waals surface area contributed by atoms with Crippen molar-refractivity contribution in [2.45, 2.75) is 32.3 Å². The molecule has 0 heterocycles. The number of para-hydroxylation sites is 1. The number of ether oxygens (including phenoxy) is 1. The Morgan fingerprint density at radius 2 is 1.75 bits per heavy atom. The molecule has 4 nitrogen and oxygen atoms in total. The average Bonchev–Trinajstić information content (AvgIpc) is 3.08. The van der Waals surface area contributed by atoms with Crippen molar-refractivity contribution in [3.63, 3.8) is 0 Å². The van der Waals surface area contributed by atoms with E-state index in [0.717, 1.165) is 24.9 Å². The van der Waals surface area contributed by atoms with E-state index in [1.54, 1.807) is 20.0 Å². The van der Waals surface area contributed by atoms with Gasteiger partial charge in [0.2, 0.25) is 0 Å². The van der Waals surface area contributed by atoms with Gasteiger partial charge in [-0.15, -0.1) is 0 Å². The van der Waals surface area contributed by atoms with Crippen molar-refractivity contribution in [1.29, 1.82) is 0 Å². The standard InChI is InChI=1S/C20H21NO3/c1-14(19(22)21(2)18-9-4-3-5-10-18)24-20(23)17-12-11-15-7-6-8-16(15)13-17/h3-5,9-14H,6-8H2,1-2H3/t14-/m0/s1. The minimum atomic E-state index is -0.837. The monoisotopic (exact) mass is 323 g/mol. The summed E-state index contributed by atoms with van der Waals surface area (Å²) in [5, 5.41) is 0. The van der Waals surface area contributed by atoms with Crippen LogP contribution in [0.15, 0.2) is 48.5 Å². The Hall–Kier alpha value is -2.62. The molecule has 1 amide bonds. The molecule has 2 aromatic carbocycles. The van der Waals surface area contributed by atoms with Crippen LogP contribution in [0.4, 0.5) is 5.69 Å². The van der Waals surface area contributed by atoms with Crippen LogP contribution >= 0.6 is 0 Å². The Kier molecular flexibility index (Phi) is 4.65. The number of esters is 1. The second-order valence-corrected chi connectivity index (χ2v) is 6.12. The molecule has 0 unspecified atom stereocenters. The predicted molar refractivity (Wildman–Crippen MR) is 93.2 cm³/mol. The van der Waals surface area contributed by atoms with Crippen LogP contribution in [-0.2, 0) is 22.4 Å². The summed E-state index contributed by atoms with van der Waals surface area (Å²) in [4.78, 5) is 26.3. The molecule has 0 saturated heterocycles. The second kappa shape index (κ2) is 6.87. The zero-order valence-electron chi connectivity index (χ0n) is 14.0. The summed E-state index contributed by atoms with van der Waals surface area (Å²) in [6.45, 7) is 1.60. The molecule has 0 aromatic heterocycles. The number of carbonyl (C=O) groups excluding carboxylic acids is 2. The van der Waals surface area contributed by atoms with Crippen molar-refractivity contribution >= 4 is 17.6 Å². The highest BCUT2D eigenvalue weighted by Gasteiger charge is 2.23. The Balaban J connectivity index is 1.66. The van der Waals surface area contributed by atoms with Crippen LogP contribution in [0.1, 0.15) is 34.8 Å². The fourth-order valence-corrected chi connectivity index (χ4v) is 3.03. The van der Waals surface area contributed by atoms with Gasteiger partial charge in [-0.3, -0.25) is 4.79 Å². The summed E-state index contributed by atoms with van der Waals surface area (Å²) in [7, 11) is 1.68. The number of hydrogen-bond donors (Lipinski definition) is 0. The molecular weight excluding hydrogens is 302 g/mol. The van der Waals surface area contributed by atoms with Crippen molar-refractivity contribution in [3.05, 3.63) is 65.2 Å². The van der Waals surface area contributed by atoms with Crippen LogP contribution in [0.3, 0.4) is 0 Å². The zero-order valence-corrected chi connectivity index (χ0v) is 14.0. The van der Waals surface area contributed by atoms with Gasteiger partial charge >= 0.3 is 5.97 Å². The van der Waals surface area contributed by atoms with Gasteiger partial charge in [0.1, 0.15) is 0 Å². The van der Waals surface area contributed by atoms with Crippen LogP contribution in [0.2, 0.25) is 0 Å². The van der Waals surface area contributed by atoms with Gasteiger partial charge in [0, 0.05) is 12.7 Å². The van der Waals surface area contributed by atoms with Crippen molar-refractivity contribution in [3.8, 4) is 0 Å².